The SMILES string of the molecule is CCCNC1COCC1C(=O)NC1CCC(C)C1. The van der Waals surface area contributed by atoms with Crippen LogP contribution in [0.4, 0.5) is 0 Å². The Morgan fingerprint density at radius 2 is 2.17 bits per heavy atom. The molecule has 4 atom stereocenters. The van der Waals surface area contributed by atoms with Crippen LogP contribution >= 0.6 is 0 Å². The van der Waals surface area contributed by atoms with E-state index in [1.54, 1.807) is 0 Å². The second-order valence-electron chi connectivity index (χ2n) is 5.83. The Morgan fingerprint density at radius 3 is 2.83 bits per heavy atom. The summed E-state index contributed by atoms with van der Waals surface area (Å²) in [6.45, 7) is 6.58. The zero-order valence-electron chi connectivity index (χ0n) is 11.6. The highest BCUT2D eigenvalue weighted by Crippen LogP contribution is 2.25. The average molecular weight is 254 g/mol. The molecule has 0 bridgehead atoms. The molecule has 104 valence electrons. The van der Waals surface area contributed by atoms with E-state index in [1.807, 2.05) is 0 Å². The second kappa shape index (κ2) is 6.53. The lowest BCUT2D eigenvalue weighted by Gasteiger charge is -2.21. The van der Waals surface area contributed by atoms with Crippen molar-refractivity contribution in [3.05, 3.63) is 0 Å². The molecule has 1 saturated carbocycles. The molecule has 2 N–H and O–H groups in total. The first-order valence-electron chi connectivity index (χ1n) is 7.32. The van der Waals surface area contributed by atoms with Crippen LogP contribution in [-0.4, -0.2) is 37.7 Å². The van der Waals surface area contributed by atoms with Gasteiger partial charge in [-0.15, -0.1) is 0 Å². The van der Waals surface area contributed by atoms with E-state index < -0.39 is 0 Å². The average Bonchev–Trinajstić information content (AvgIpc) is 2.95. The van der Waals surface area contributed by atoms with Crippen molar-refractivity contribution in [2.75, 3.05) is 19.8 Å². The molecule has 4 nitrogen and oxygen atoms in total. The first-order valence-corrected chi connectivity index (χ1v) is 7.32. The fourth-order valence-electron chi connectivity index (χ4n) is 2.99. The normalized spacial score (nSPS) is 35.9. The van der Waals surface area contributed by atoms with Crippen LogP contribution in [0.1, 0.15) is 39.5 Å². The highest BCUT2D eigenvalue weighted by molar-refractivity contribution is 5.80. The number of carbonyl (C=O) groups is 1. The van der Waals surface area contributed by atoms with Crippen molar-refractivity contribution in [3.63, 3.8) is 0 Å². The molecule has 2 fully saturated rings. The molecular weight excluding hydrogens is 228 g/mol. The molecule has 18 heavy (non-hydrogen) atoms. The van der Waals surface area contributed by atoms with Crippen molar-refractivity contribution in [2.24, 2.45) is 11.8 Å². The third-order valence-corrected chi connectivity index (χ3v) is 4.12. The van der Waals surface area contributed by atoms with Gasteiger partial charge >= 0.3 is 0 Å². The standard InChI is InChI=1S/C14H26N2O2/c1-3-6-15-13-9-18-8-12(13)14(17)16-11-5-4-10(2)7-11/h10-13,15H,3-9H2,1-2H3,(H,16,17). The van der Waals surface area contributed by atoms with Gasteiger partial charge in [-0.3, -0.25) is 4.79 Å². The van der Waals surface area contributed by atoms with Gasteiger partial charge in [-0.2, -0.15) is 0 Å². The summed E-state index contributed by atoms with van der Waals surface area (Å²) in [5, 5.41) is 6.61. The largest absolute Gasteiger partial charge is 0.379 e. The summed E-state index contributed by atoms with van der Waals surface area (Å²) in [4.78, 5) is 12.3. The molecule has 2 rings (SSSR count). The van der Waals surface area contributed by atoms with E-state index in [4.69, 9.17) is 4.74 Å². The predicted molar refractivity (Wildman–Crippen MR) is 71.3 cm³/mol. The summed E-state index contributed by atoms with van der Waals surface area (Å²) in [5.74, 6) is 0.928. The maximum atomic E-state index is 12.3. The quantitative estimate of drug-likeness (QED) is 0.777. The predicted octanol–water partition coefficient (Wildman–Crippen LogP) is 1.31. The first-order chi connectivity index (χ1) is 8.70. The van der Waals surface area contributed by atoms with Crippen LogP contribution in [0.3, 0.4) is 0 Å². The van der Waals surface area contributed by atoms with Crippen LogP contribution in [0.25, 0.3) is 0 Å². The fourth-order valence-corrected chi connectivity index (χ4v) is 2.99. The fraction of sp³-hybridized carbons (Fsp3) is 0.929. The zero-order valence-corrected chi connectivity index (χ0v) is 11.6. The highest BCUT2D eigenvalue weighted by atomic mass is 16.5. The summed E-state index contributed by atoms with van der Waals surface area (Å²) in [5.41, 5.74) is 0. The van der Waals surface area contributed by atoms with Gasteiger partial charge in [0.2, 0.25) is 5.91 Å². The van der Waals surface area contributed by atoms with Gasteiger partial charge < -0.3 is 15.4 Å². The number of amides is 1. The van der Waals surface area contributed by atoms with Crippen LogP contribution in [-0.2, 0) is 9.53 Å². The number of hydrogen-bond donors (Lipinski definition) is 2. The molecule has 1 amide bonds. The third kappa shape index (κ3) is 3.45. The van der Waals surface area contributed by atoms with Gasteiger partial charge in [-0.1, -0.05) is 13.8 Å². The number of carbonyl (C=O) groups excluding carboxylic acids is 1. The molecule has 1 saturated heterocycles. The van der Waals surface area contributed by atoms with Gasteiger partial charge in [-0.25, -0.2) is 0 Å². The summed E-state index contributed by atoms with van der Waals surface area (Å²) < 4.78 is 5.45. The summed E-state index contributed by atoms with van der Waals surface area (Å²) in [6, 6.07) is 0.587. The Balaban J connectivity index is 1.80. The van der Waals surface area contributed by atoms with E-state index >= 15 is 0 Å². The monoisotopic (exact) mass is 254 g/mol. The van der Waals surface area contributed by atoms with E-state index in [0.717, 1.165) is 31.7 Å². The van der Waals surface area contributed by atoms with Gasteiger partial charge in [0.15, 0.2) is 0 Å². The first kappa shape index (κ1) is 13.8. The van der Waals surface area contributed by atoms with Crippen LogP contribution in [0.5, 0.6) is 0 Å². The Bertz CT molecular complexity index is 283. The third-order valence-electron chi connectivity index (χ3n) is 4.12. The molecule has 4 unspecified atom stereocenters. The van der Waals surface area contributed by atoms with Crippen molar-refractivity contribution < 1.29 is 9.53 Å². The maximum absolute atomic E-state index is 12.3. The molecule has 0 aromatic rings. The second-order valence-corrected chi connectivity index (χ2v) is 5.83. The Morgan fingerprint density at radius 1 is 1.33 bits per heavy atom. The maximum Gasteiger partial charge on any atom is 0.227 e. The molecule has 2 aliphatic rings. The van der Waals surface area contributed by atoms with Crippen LogP contribution in [0.2, 0.25) is 0 Å². The van der Waals surface area contributed by atoms with Crippen LogP contribution in [0.15, 0.2) is 0 Å². The summed E-state index contributed by atoms with van der Waals surface area (Å²) >= 11 is 0. The minimum absolute atomic E-state index is 0.00699. The van der Waals surface area contributed by atoms with Gasteiger partial charge in [-0.05, 0) is 38.1 Å². The molecule has 1 heterocycles. The van der Waals surface area contributed by atoms with E-state index in [9.17, 15) is 4.79 Å². The summed E-state index contributed by atoms with van der Waals surface area (Å²) in [7, 11) is 0. The van der Waals surface area contributed by atoms with Gasteiger partial charge in [0.1, 0.15) is 0 Å². The van der Waals surface area contributed by atoms with E-state index in [-0.39, 0.29) is 17.9 Å². The minimum Gasteiger partial charge on any atom is -0.379 e. The Hall–Kier alpha value is -0.610. The number of hydrogen-bond acceptors (Lipinski definition) is 3. The van der Waals surface area contributed by atoms with Gasteiger partial charge in [0.25, 0.3) is 0 Å². The van der Waals surface area contributed by atoms with E-state index in [1.165, 1.54) is 6.42 Å². The molecule has 0 aromatic heterocycles. The molecule has 0 radical (unpaired) electrons. The lowest BCUT2D eigenvalue weighted by atomic mass is 10.0. The molecule has 0 aromatic carbocycles. The molecule has 0 spiro atoms. The minimum atomic E-state index is -0.00699. The lowest BCUT2D eigenvalue weighted by molar-refractivity contribution is -0.126. The molecule has 4 heteroatoms. The topological polar surface area (TPSA) is 50.4 Å². The Kier molecular flexibility index (Phi) is 5.01. The summed E-state index contributed by atoms with van der Waals surface area (Å²) in [6.07, 6.45) is 4.59. The van der Waals surface area contributed by atoms with Crippen molar-refractivity contribution >= 4 is 5.91 Å². The number of ether oxygens (including phenoxy) is 1. The van der Waals surface area contributed by atoms with Crippen LogP contribution in [0, 0.1) is 11.8 Å². The van der Waals surface area contributed by atoms with Crippen molar-refractivity contribution in [1.29, 1.82) is 0 Å². The van der Waals surface area contributed by atoms with Crippen molar-refractivity contribution in [1.82, 2.24) is 10.6 Å². The molecule has 1 aliphatic heterocycles. The van der Waals surface area contributed by atoms with Gasteiger partial charge in [0.05, 0.1) is 19.1 Å². The lowest BCUT2D eigenvalue weighted by Crippen LogP contribution is -2.46. The van der Waals surface area contributed by atoms with Crippen molar-refractivity contribution in [3.8, 4) is 0 Å². The zero-order chi connectivity index (χ0) is 13.0. The van der Waals surface area contributed by atoms with E-state index in [0.29, 0.717) is 19.3 Å². The molecular formula is C14H26N2O2. The molecule has 1 aliphatic carbocycles. The van der Waals surface area contributed by atoms with Gasteiger partial charge in [0, 0.05) is 12.1 Å². The number of rotatable bonds is 5. The van der Waals surface area contributed by atoms with Crippen molar-refractivity contribution in [2.45, 2.75) is 51.6 Å². The highest BCUT2D eigenvalue weighted by Gasteiger charge is 2.35. The van der Waals surface area contributed by atoms with E-state index in [2.05, 4.69) is 24.5 Å². The Labute approximate surface area is 110 Å². The smallest absolute Gasteiger partial charge is 0.227 e. The van der Waals surface area contributed by atoms with Crippen LogP contribution < -0.4 is 10.6 Å². The number of nitrogens with one attached hydrogen (secondary N) is 2.